The van der Waals surface area contributed by atoms with E-state index in [4.69, 9.17) is 0 Å². The minimum absolute atomic E-state index is 0.00545. The summed E-state index contributed by atoms with van der Waals surface area (Å²) in [4.78, 5) is 16.8. The summed E-state index contributed by atoms with van der Waals surface area (Å²) in [7, 11) is 0. The van der Waals surface area contributed by atoms with Gasteiger partial charge in [-0.15, -0.1) is 0 Å². The van der Waals surface area contributed by atoms with Crippen LogP contribution in [0.5, 0.6) is 0 Å². The fraction of sp³-hybridized carbons (Fsp3) is 0.125. The lowest BCUT2D eigenvalue weighted by molar-refractivity contribution is -0.119. The molecule has 1 fully saturated rings. The SMILES string of the molecule is CC1C(=O)N(c2ccccc2)NC1=Nc1ccccc1. The molecule has 0 radical (unpaired) electrons. The molecule has 1 aliphatic heterocycles. The number of amides is 1. The van der Waals surface area contributed by atoms with E-state index in [1.54, 1.807) is 5.01 Å². The van der Waals surface area contributed by atoms with Crippen molar-refractivity contribution >= 4 is 23.1 Å². The van der Waals surface area contributed by atoms with Gasteiger partial charge in [-0.1, -0.05) is 36.4 Å². The van der Waals surface area contributed by atoms with E-state index >= 15 is 0 Å². The van der Waals surface area contributed by atoms with Crippen molar-refractivity contribution in [3.8, 4) is 0 Å². The fourth-order valence-electron chi connectivity index (χ4n) is 2.11. The Morgan fingerprint density at radius 2 is 1.60 bits per heavy atom. The summed E-state index contributed by atoms with van der Waals surface area (Å²) in [6.07, 6.45) is 0. The summed E-state index contributed by atoms with van der Waals surface area (Å²) >= 11 is 0. The number of carbonyl (C=O) groups is 1. The zero-order chi connectivity index (χ0) is 13.9. The molecule has 2 aromatic rings. The first-order valence-corrected chi connectivity index (χ1v) is 6.55. The summed E-state index contributed by atoms with van der Waals surface area (Å²) in [5.74, 6) is 0.409. The number of rotatable bonds is 2. The first-order valence-electron chi connectivity index (χ1n) is 6.55. The topological polar surface area (TPSA) is 44.7 Å². The van der Waals surface area contributed by atoms with E-state index in [1.165, 1.54) is 0 Å². The molecular formula is C16H15N3O. The predicted octanol–water partition coefficient (Wildman–Crippen LogP) is 2.90. The summed E-state index contributed by atoms with van der Waals surface area (Å²) in [6, 6.07) is 19.1. The van der Waals surface area contributed by atoms with Gasteiger partial charge in [-0.25, -0.2) is 10.0 Å². The highest BCUT2D eigenvalue weighted by atomic mass is 16.2. The Hall–Kier alpha value is -2.62. The summed E-state index contributed by atoms with van der Waals surface area (Å²) in [6.45, 7) is 1.86. The summed E-state index contributed by atoms with van der Waals surface area (Å²) < 4.78 is 0. The highest BCUT2D eigenvalue weighted by Crippen LogP contribution is 2.22. The Morgan fingerprint density at radius 3 is 2.25 bits per heavy atom. The molecule has 0 aliphatic carbocycles. The molecule has 1 amide bonds. The van der Waals surface area contributed by atoms with Crippen LogP contribution in [0.15, 0.2) is 65.7 Å². The molecular weight excluding hydrogens is 250 g/mol. The molecule has 3 rings (SSSR count). The zero-order valence-corrected chi connectivity index (χ0v) is 11.2. The smallest absolute Gasteiger partial charge is 0.256 e. The number of hydrogen-bond donors (Lipinski definition) is 1. The number of nitrogens with zero attached hydrogens (tertiary/aromatic N) is 2. The Morgan fingerprint density at radius 1 is 1.00 bits per heavy atom. The molecule has 2 aromatic carbocycles. The van der Waals surface area contributed by atoms with E-state index in [0.29, 0.717) is 5.84 Å². The lowest BCUT2D eigenvalue weighted by Gasteiger charge is -2.15. The average Bonchev–Trinajstić information content (AvgIpc) is 2.78. The number of hydrazine groups is 1. The summed E-state index contributed by atoms with van der Waals surface area (Å²) in [5, 5.41) is 1.55. The molecule has 4 heteroatoms. The van der Waals surface area contributed by atoms with Gasteiger partial charge < -0.3 is 0 Å². The number of anilines is 1. The van der Waals surface area contributed by atoms with Gasteiger partial charge in [0.15, 0.2) is 0 Å². The lowest BCUT2D eigenvalue weighted by atomic mass is 10.1. The van der Waals surface area contributed by atoms with Crippen molar-refractivity contribution in [2.45, 2.75) is 6.92 Å². The zero-order valence-electron chi connectivity index (χ0n) is 11.2. The Balaban J connectivity index is 1.90. The van der Waals surface area contributed by atoms with Crippen LogP contribution < -0.4 is 10.4 Å². The van der Waals surface area contributed by atoms with Gasteiger partial charge in [-0.3, -0.25) is 10.2 Å². The molecule has 4 nitrogen and oxygen atoms in total. The summed E-state index contributed by atoms with van der Waals surface area (Å²) in [5.41, 5.74) is 4.75. The van der Waals surface area contributed by atoms with Crippen molar-refractivity contribution in [1.29, 1.82) is 0 Å². The van der Waals surface area contributed by atoms with E-state index in [9.17, 15) is 4.79 Å². The molecule has 1 heterocycles. The maximum absolute atomic E-state index is 12.3. The molecule has 0 bridgehead atoms. The van der Waals surface area contributed by atoms with Gasteiger partial charge in [-0.05, 0) is 31.2 Å². The van der Waals surface area contributed by atoms with Gasteiger partial charge in [-0.2, -0.15) is 0 Å². The molecule has 1 saturated heterocycles. The number of para-hydroxylation sites is 2. The van der Waals surface area contributed by atoms with Crippen LogP contribution >= 0.6 is 0 Å². The van der Waals surface area contributed by atoms with Crippen LogP contribution in [0.2, 0.25) is 0 Å². The minimum atomic E-state index is -0.268. The molecule has 1 N–H and O–H groups in total. The molecule has 0 aromatic heterocycles. The fourth-order valence-corrected chi connectivity index (χ4v) is 2.11. The maximum Gasteiger partial charge on any atom is 0.256 e. The Kier molecular flexibility index (Phi) is 3.21. The normalized spacial score (nSPS) is 20.2. The van der Waals surface area contributed by atoms with E-state index < -0.39 is 0 Å². The van der Waals surface area contributed by atoms with E-state index in [1.807, 2.05) is 67.6 Å². The number of aliphatic imine (C=N–C) groups is 1. The van der Waals surface area contributed by atoms with Crippen LogP contribution in [0.3, 0.4) is 0 Å². The molecule has 1 atom stereocenters. The molecule has 100 valence electrons. The van der Waals surface area contributed by atoms with Crippen molar-refractivity contribution < 1.29 is 4.79 Å². The van der Waals surface area contributed by atoms with Crippen molar-refractivity contribution in [2.24, 2.45) is 10.9 Å². The average molecular weight is 265 g/mol. The third kappa shape index (κ3) is 2.28. The van der Waals surface area contributed by atoms with Gasteiger partial charge in [0.1, 0.15) is 5.84 Å². The highest BCUT2D eigenvalue weighted by Gasteiger charge is 2.34. The van der Waals surface area contributed by atoms with Crippen LogP contribution in [-0.4, -0.2) is 11.7 Å². The molecule has 20 heavy (non-hydrogen) atoms. The van der Waals surface area contributed by atoms with Crippen molar-refractivity contribution in [3.63, 3.8) is 0 Å². The number of benzene rings is 2. The highest BCUT2D eigenvalue weighted by molar-refractivity contribution is 6.16. The lowest BCUT2D eigenvalue weighted by Crippen LogP contribution is -2.35. The molecule has 1 unspecified atom stereocenters. The number of carbonyl (C=O) groups excluding carboxylic acids is 1. The molecule has 1 aliphatic rings. The van der Waals surface area contributed by atoms with Gasteiger partial charge in [0.05, 0.1) is 17.3 Å². The second kappa shape index (κ2) is 5.17. The maximum atomic E-state index is 12.3. The second-order valence-corrected chi connectivity index (χ2v) is 4.68. The second-order valence-electron chi connectivity index (χ2n) is 4.68. The van der Waals surface area contributed by atoms with Crippen molar-refractivity contribution in [3.05, 3.63) is 60.7 Å². The van der Waals surface area contributed by atoms with Gasteiger partial charge in [0, 0.05) is 0 Å². The first-order chi connectivity index (χ1) is 9.75. The monoisotopic (exact) mass is 265 g/mol. The third-order valence-corrected chi connectivity index (χ3v) is 3.25. The van der Waals surface area contributed by atoms with Gasteiger partial charge >= 0.3 is 0 Å². The van der Waals surface area contributed by atoms with Crippen LogP contribution in [0, 0.1) is 5.92 Å². The first kappa shape index (κ1) is 12.4. The van der Waals surface area contributed by atoms with Gasteiger partial charge in [0.2, 0.25) is 0 Å². The molecule has 0 spiro atoms. The number of amidine groups is 1. The quantitative estimate of drug-likeness (QED) is 0.907. The molecule has 0 saturated carbocycles. The van der Waals surface area contributed by atoms with E-state index in [-0.39, 0.29) is 11.8 Å². The third-order valence-electron chi connectivity index (χ3n) is 3.25. The van der Waals surface area contributed by atoms with Crippen molar-refractivity contribution in [1.82, 2.24) is 5.43 Å². The van der Waals surface area contributed by atoms with Crippen LogP contribution in [0.25, 0.3) is 0 Å². The van der Waals surface area contributed by atoms with E-state index in [0.717, 1.165) is 11.4 Å². The van der Waals surface area contributed by atoms with Gasteiger partial charge in [0.25, 0.3) is 5.91 Å². The largest absolute Gasteiger partial charge is 0.277 e. The predicted molar refractivity (Wildman–Crippen MR) is 79.8 cm³/mol. The number of hydrogen-bond acceptors (Lipinski definition) is 2. The standard InChI is InChI=1S/C16H15N3O/c1-12-15(17-13-8-4-2-5-9-13)18-19(16(12)20)14-10-6-3-7-11-14/h2-12H,1H3,(H,17,18). The van der Waals surface area contributed by atoms with Crippen LogP contribution in [-0.2, 0) is 4.79 Å². The number of nitrogens with one attached hydrogen (secondary N) is 1. The van der Waals surface area contributed by atoms with E-state index in [2.05, 4.69) is 10.4 Å². The van der Waals surface area contributed by atoms with Crippen molar-refractivity contribution in [2.75, 3.05) is 5.01 Å². The minimum Gasteiger partial charge on any atom is -0.277 e. The Bertz CT molecular complexity index is 637. The van der Waals surface area contributed by atoms with Crippen LogP contribution in [0.4, 0.5) is 11.4 Å². The van der Waals surface area contributed by atoms with Crippen LogP contribution in [0.1, 0.15) is 6.92 Å². The Labute approximate surface area is 117 Å².